The summed E-state index contributed by atoms with van der Waals surface area (Å²) in [5, 5.41) is 45.3. The van der Waals surface area contributed by atoms with Crippen LogP contribution in [0, 0.1) is 0 Å². The minimum atomic E-state index is -1.31. The Balaban J connectivity index is 0. The van der Waals surface area contributed by atoms with Gasteiger partial charge in [0.05, 0.1) is 38.9 Å². The minimum absolute atomic E-state index is 0.00278. The molecule has 0 amide bonds. The Morgan fingerprint density at radius 3 is 1.48 bits per heavy atom. The highest BCUT2D eigenvalue weighted by Gasteiger charge is 2.24. The van der Waals surface area contributed by atoms with E-state index in [1.54, 1.807) is 0 Å². The number of aliphatic carboxylic acids is 5. The van der Waals surface area contributed by atoms with Gasteiger partial charge in [-0.3, -0.25) is 33.8 Å². The predicted octanol–water partition coefficient (Wildman–Crippen LogP) is -4.17. The molecule has 15 heteroatoms. The van der Waals surface area contributed by atoms with Gasteiger partial charge in [-0.15, -0.1) is 0 Å². The Kier molecular flexibility index (Phi) is 15.8. The Labute approximate surface area is 165 Å². The quantitative estimate of drug-likeness (QED) is 0.0914. The van der Waals surface area contributed by atoms with Gasteiger partial charge in [-0.1, -0.05) is 0 Å². The summed E-state index contributed by atoms with van der Waals surface area (Å²) in [4.78, 5) is 54.2. The van der Waals surface area contributed by atoms with Crippen molar-refractivity contribution in [2.45, 2.75) is 6.17 Å². The van der Waals surface area contributed by atoms with E-state index in [0.717, 1.165) is 9.80 Å². The van der Waals surface area contributed by atoms with Crippen molar-refractivity contribution in [3.8, 4) is 0 Å². The van der Waals surface area contributed by atoms with Gasteiger partial charge in [0.15, 0.2) is 0 Å². The fraction of sp³-hybridized carbons (Fsp3) is 0.643. The van der Waals surface area contributed by atoms with Crippen LogP contribution >= 0.6 is 0 Å². The number of carboxylic acid groups (broad SMARTS) is 5. The zero-order chi connectivity index (χ0) is 23.0. The lowest BCUT2D eigenvalue weighted by Gasteiger charge is -2.29. The fourth-order valence-corrected chi connectivity index (χ4v) is 1.88. The van der Waals surface area contributed by atoms with E-state index in [4.69, 9.17) is 37.0 Å². The molecule has 0 rings (SSSR count). The molecule has 1 atom stereocenters. The average molecular weight is 425 g/mol. The van der Waals surface area contributed by atoms with Crippen LogP contribution in [0.4, 0.5) is 0 Å². The molecular weight excluding hydrogens is 398 g/mol. The molecule has 0 radical (unpaired) electrons. The van der Waals surface area contributed by atoms with Gasteiger partial charge in [-0.2, -0.15) is 0 Å². The van der Waals surface area contributed by atoms with E-state index >= 15 is 0 Å². The zero-order valence-corrected chi connectivity index (χ0v) is 15.6. The lowest BCUT2D eigenvalue weighted by atomic mass is 10.3. The highest BCUT2D eigenvalue weighted by Crippen LogP contribution is 1.99. The summed E-state index contributed by atoms with van der Waals surface area (Å²) in [7, 11) is 0. The Hall–Kier alpha value is -2.85. The maximum absolute atomic E-state index is 10.6. The van der Waals surface area contributed by atoms with Crippen LogP contribution in [0.3, 0.4) is 0 Å². The molecule has 0 bridgehead atoms. The first-order valence-corrected chi connectivity index (χ1v) is 8.10. The topological polar surface area (TPSA) is 257 Å². The third-order valence-corrected chi connectivity index (χ3v) is 2.91. The molecule has 0 aliphatic carbocycles. The molecule has 0 heterocycles. The molecular formula is C14H27N5O10. The molecule has 0 aliphatic heterocycles. The molecule has 10 N–H and O–H groups in total. The smallest absolute Gasteiger partial charge is 0.317 e. The number of hydrogen-bond donors (Lipinski definition) is 8. The molecule has 0 aliphatic rings. The number of hydrogen-bond acceptors (Lipinski definition) is 10. The van der Waals surface area contributed by atoms with E-state index in [0.29, 0.717) is 13.1 Å². The monoisotopic (exact) mass is 425 g/mol. The van der Waals surface area contributed by atoms with Gasteiger partial charge in [-0.05, 0) is 0 Å². The van der Waals surface area contributed by atoms with E-state index < -0.39 is 62.2 Å². The van der Waals surface area contributed by atoms with Gasteiger partial charge in [0, 0.05) is 19.6 Å². The van der Waals surface area contributed by atoms with Gasteiger partial charge in [-0.25, -0.2) is 0 Å². The first-order valence-electron chi connectivity index (χ1n) is 8.10. The fourth-order valence-electron chi connectivity index (χ4n) is 1.88. The number of rotatable bonds is 15. The summed E-state index contributed by atoms with van der Waals surface area (Å²) in [6.07, 6.45) is -1.14. The van der Waals surface area contributed by atoms with Crippen LogP contribution in [0.2, 0.25) is 0 Å². The van der Waals surface area contributed by atoms with Crippen LogP contribution in [0.1, 0.15) is 0 Å². The molecule has 0 spiro atoms. The summed E-state index contributed by atoms with van der Waals surface area (Å²) in [5.41, 5.74) is 10.7. The van der Waals surface area contributed by atoms with Crippen molar-refractivity contribution in [3.63, 3.8) is 0 Å². The molecule has 0 fully saturated rings. The van der Waals surface area contributed by atoms with Crippen molar-refractivity contribution in [1.82, 2.24) is 15.1 Å². The first-order chi connectivity index (χ1) is 13.4. The molecule has 0 aromatic carbocycles. The largest absolute Gasteiger partial charge is 0.480 e. The van der Waals surface area contributed by atoms with Crippen LogP contribution in [0.15, 0.2) is 0 Å². The summed E-state index contributed by atoms with van der Waals surface area (Å²) >= 11 is 0. The van der Waals surface area contributed by atoms with E-state index in [9.17, 15) is 24.0 Å². The third kappa shape index (κ3) is 19.7. The Morgan fingerprint density at radius 2 is 1.17 bits per heavy atom. The van der Waals surface area contributed by atoms with Crippen molar-refractivity contribution in [2.75, 3.05) is 52.4 Å². The SMILES string of the molecule is NC(CN(CC(=O)O)CC(=O)O)N(CC(=O)O)CC(=O)O.NCCNCC(=O)O. The first kappa shape index (κ1) is 28.4. The van der Waals surface area contributed by atoms with Gasteiger partial charge >= 0.3 is 29.8 Å². The van der Waals surface area contributed by atoms with Crippen molar-refractivity contribution in [3.05, 3.63) is 0 Å². The normalized spacial score (nSPS) is 11.4. The molecule has 15 nitrogen and oxygen atoms in total. The van der Waals surface area contributed by atoms with Crippen LogP contribution in [-0.4, -0.2) is 124 Å². The van der Waals surface area contributed by atoms with Crippen LogP contribution in [0.5, 0.6) is 0 Å². The summed E-state index contributed by atoms with van der Waals surface area (Å²) in [5.74, 6) is -6.04. The lowest BCUT2D eigenvalue weighted by molar-refractivity contribution is -0.146. The number of carbonyl (C=O) groups is 5. The standard InChI is InChI=1S/C10H17N3O8.C4H10N2O2/c11-6(13(4-9(18)19)5-10(20)21)1-12(2-7(14)15)3-8(16)17;5-1-2-6-3-4(7)8/h6H,1-5,11H2,(H,14,15)(H,16,17)(H,18,19)(H,20,21);6H,1-3,5H2,(H,7,8). The number of nitrogens with two attached hydrogens (primary N) is 2. The van der Waals surface area contributed by atoms with E-state index in [1.165, 1.54) is 0 Å². The summed E-state index contributed by atoms with van der Waals surface area (Å²) in [6.45, 7) is -1.83. The molecule has 0 saturated heterocycles. The summed E-state index contributed by atoms with van der Waals surface area (Å²) in [6, 6.07) is 0. The number of nitrogens with zero attached hydrogens (tertiary/aromatic N) is 2. The zero-order valence-electron chi connectivity index (χ0n) is 15.6. The van der Waals surface area contributed by atoms with Crippen molar-refractivity contribution in [1.29, 1.82) is 0 Å². The van der Waals surface area contributed by atoms with E-state index in [2.05, 4.69) is 5.32 Å². The second-order valence-corrected chi connectivity index (χ2v) is 5.58. The minimum Gasteiger partial charge on any atom is -0.480 e. The second kappa shape index (κ2) is 16.1. The summed E-state index contributed by atoms with van der Waals surface area (Å²) < 4.78 is 0. The molecule has 0 aromatic rings. The van der Waals surface area contributed by atoms with E-state index in [-0.39, 0.29) is 13.1 Å². The highest BCUT2D eigenvalue weighted by molar-refractivity contribution is 5.73. The second-order valence-electron chi connectivity index (χ2n) is 5.58. The molecule has 0 aromatic heterocycles. The van der Waals surface area contributed by atoms with Crippen LogP contribution in [-0.2, 0) is 24.0 Å². The predicted molar refractivity (Wildman–Crippen MR) is 96.1 cm³/mol. The molecule has 1 unspecified atom stereocenters. The van der Waals surface area contributed by atoms with Crippen molar-refractivity contribution < 1.29 is 49.5 Å². The molecule has 168 valence electrons. The van der Waals surface area contributed by atoms with Gasteiger partial charge in [0.2, 0.25) is 0 Å². The lowest BCUT2D eigenvalue weighted by Crippen LogP contribution is -2.54. The van der Waals surface area contributed by atoms with Crippen LogP contribution in [0.25, 0.3) is 0 Å². The van der Waals surface area contributed by atoms with Crippen molar-refractivity contribution >= 4 is 29.8 Å². The number of carboxylic acids is 5. The Morgan fingerprint density at radius 1 is 0.759 bits per heavy atom. The van der Waals surface area contributed by atoms with Crippen LogP contribution < -0.4 is 16.8 Å². The molecule has 0 saturated carbocycles. The maximum atomic E-state index is 10.6. The maximum Gasteiger partial charge on any atom is 0.317 e. The highest BCUT2D eigenvalue weighted by atomic mass is 16.4. The van der Waals surface area contributed by atoms with Crippen molar-refractivity contribution in [2.24, 2.45) is 11.5 Å². The molecule has 29 heavy (non-hydrogen) atoms. The van der Waals surface area contributed by atoms with Gasteiger partial charge < -0.3 is 42.3 Å². The Bertz CT molecular complexity index is 527. The van der Waals surface area contributed by atoms with Gasteiger partial charge in [0.1, 0.15) is 0 Å². The van der Waals surface area contributed by atoms with E-state index in [1.807, 2.05) is 0 Å². The number of nitrogens with one attached hydrogen (secondary N) is 1. The average Bonchev–Trinajstić information content (AvgIpc) is 2.52. The third-order valence-electron chi connectivity index (χ3n) is 2.91. The van der Waals surface area contributed by atoms with Gasteiger partial charge in [0.25, 0.3) is 0 Å².